The second-order valence-corrected chi connectivity index (χ2v) is 3.80. The molecule has 1 aromatic rings. The maximum absolute atomic E-state index is 12.7. The molecule has 1 heterocycles. The zero-order valence-corrected chi connectivity index (χ0v) is 10.3. The van der Waals surface area contributed by atoms with Gasteiger partial charge in [-0.3, -0.25) is 0 Å². The highest BCUT2D eigenvalue weighted by Crippen LogP contribution is 2.34. The van der Waals surface area contributed by atoms with E-state index in [1.54, 1.807) is 0 Å². The molecule has 0 N–H and O–H groups in total. The predicted octanol–water partition coefficient (Wildman–Crippen LogP) is 2.65. The minimum absolute atomic E-state index is 0.606. The van der Waals surface area contributed by atoms with Gasteiger partial charge in [0.2, 0.25) is 11.5 Å². The Hall–Kier alpha value is -1.99. The van der Waals surface area contributed by atoms with Gasteiger partial charge in [0.05, 0.1) is 13.2 Å². The van der Waals surface area contributed by atoms with Crippen LogP contribution in [0.1, 0.15) is 40.5 Å². The van der Waals surface area contributed by atoms with Crippen LogP contribution < -0.4 is 0 Å². The monoisotopic (exact) mass is 280 g/mol. The SMILES string of the molecule is COC(=O)c1cc(C(=O)OC(C)C)c(C(F)(F)F)o1. The number of furan rings is 1. The van der Waals surface area contributed by atoms with E-state index < -0.39 is 41.3 Å². The average Bonchev–Trinajstić information content (AvgIpc) is 2.71. The maximum Gasteiger partial charge on any atom is 0.450 e. The Morgan fingerprint density at radius 2 is 1.84 bits per heavy atom. The van der Waals surface area contributed by atoms with Crippen LogP contribution in [0.2, 0.25) is 0 Å². The molecule has 0 aliphatic heterocycles. The molecular formula is C11H11F3O5. The van der Waals surface area contributed by atoms with E-state index in [0.29, 0.717) is 6.07 Å². The van der Waals surface area contributed by atoms with E-state index in [1.165, 1.54) is 13.8 Å². The quantitative estimate of drug-likeness (QED) is 0.796. The third-order valence-corrected chi connectivity index (χ3v) is 1.94. The van der Waals surface area contributed by atoms with Crippen molar-refractivity contribution in [2.45, 2.75) is 26.1 Å². The number of rotatable bonds is 3. The van der Waals surface area contributed by atoms with E-state index in [-0.39, 0.29) is 0 Å². The van der Waals surface area contributed by atoms with Gasteiger partial charge in [-0.15, -0.1) is 0 Å². The zero-order chi connectivity index (χ0) is 14.8. The minimum atomic E-state index is -4.92. The van der Waals surface area contributed by atoms with Gasteiger partial charge in [0.15, 0.2) is 0 Å². The van der Waals surface area contributed by atoms with Crippen LogP contribution in [0, 0.1) is 0 Å². The molecule has 0 saturated carbocycles. The number of hydrogen-bond donors (Lipinski definition) is 0. The Morgan fingerprint density at radius 1 is 1.26 bits per heavy atom. The lowest BCUT2D eigenvalue weighted by Gasteiger charge is -2.08. The van der Waals surface area contributed by atoms with Crippen molar-refractivity contribution in [2.75, 3.05) is 7.11 Å². The second kappa shape index (κ2) is 5.33. The molecule has 0 radical (unpaired) electrons. The third kappa shape index (κ3) is 3.49. The molecule has 0 aromatic carbocycles. The first kappa shape index (κ1) is 15.1. The Morgan fingerprint density at radius 3 is 2.26 bits per heavy atom. The molecule has 19 heavy (non-hydrogen) atoms. The first-order valence-electron chi connectivity index (χ1n) is 5.17. The highest BCUT2D eigenvalue weighted by molar-refractivity contribution is 5.95. The van der Waals surface area contributed by atoms with Gasteiger partial charge in [-0.05, 0) is 13.8 Å². The fourth-order valence-electron chi connectivity index (χ4n) is 1.23. The van der Waals surface area contributed by atoms with E-state index >= 15 is 0 Å². The van der Waals surface area contributed by atoms with Crippen LogP contribution in [-0.2, 0) is 15.7 Å². The number of hydrogen-bond acceptors (Lipinski definition) is 5. The lowest BCUT2D eigenvalue weighted by Crippen LogP contribution is -2.16. The summed E-state index contributed by atoms with van der Waals surface area (Å²) in [4.78, 5) is 22.6. The average molecular weight is 280 g/mol. The summed E-state index contributed by atoms with van der Waals surface area (Å²) in [6.45, 7) is 2.96. The second-order valence-electron chi connectivity index (χ2n) is 3.80. The molecule has 0 spiro atoms. The molecule has 0 saturated heterocycles. The van der Waals surface area contributed by atoms with E-state index in [4.69, 9.17) is 0 Å². The summed E-state index contributed by atoms with van der Waals surface area (Å²) in [7, 11) is 0.976. The predicted molar refractivity (Wildman–Crippen MR) is 55.6 cm³/mol. The van der Waals surface area contributed by atoms with E-state index in [0.717, 1.165) is 7.11 Å². The van der Waals surface area contributed by atoms with Crippen LogP contribution in [0.3, 0.4) is 0 Å². The zero-order valence-electron chi connectivity index (χ0n) is 10.3. The number of esters is 2. The fourth-order valence-corrected chi connectivity index (χ4v) is 1.23. The molecule has 0 aliphatic rings. The van der Waals surface area contributed by atoms with Crippen molar-refractivity contribution in [3.8, 4) is 0 Å². The molecule has 5 nitrogen and oxygen atoms in total. The summed E-state index contributed by atoms with van der Waals surface area (Å²) in [5.41, 5.74) is -0.860. The first-order chi connectivity index (χ1) is 8.66. The lowest BCUT2D eigenvalue weighted by atomic mass is 10.2. The molecule has 0 unspecified atom stereocenters. The lowest BCUT2D eigenvalue weighted by molar-refractivity contribution is -0.153. The van der Waals surface area contributed by atoms with Gasteiger partial charge >= 0.3 is 18.1 Å². The Bertz CT molecular complexity index is 487. The Kier molecular flexibility index (Phi) is 4.23. The van der Waals surface area contributed by atoms with Crippen molar-refractivity contribution in [3.63, 3.8) is 0 Å². The van der Waals surface area contributed by atoms with E-state index in [2.05, 4.69) is 13.9 Å². The summed E-state index contributed by atoms with van der Waals surface area (Å²) in [5, 5.41) is 0. The molecule has 0 bridgehead atoms. The van der Waals surface area contributed by atoms with Gasteiger partial charge in [-0.25, -0.2) is 9.59 Å². The van der Waals surface area contributed by atoms with Crippen LogP contribution in [0.25, 0.3) is 0 Å². The van der Waals surface area contributed by atoms with Gasteiger partial charge < -0.3 is 13.9 Å². The van der Waals surface area contributed by atoms with Crippen molar-refractivity contribution < 1.29 is 36.7 Å². The fraction of sp³-hybridized carbons (Fsp3) is 0.455. The Balaban J connectivity index is 3.24. The standard InChI is InChI=1S/C11H11F3O5/c1-5(2)18-9(15)6-4-7(10(16)17-3)19-8(6)11(12,13)14/h4-5H,1-3H3. The van der Waals surface area contributed by atoms with Crippen LogP contribution >= 0.6 is 0 Å². The van der Waals surface area contributed by atoms with Gasteiger partial charge in [0, 0.05) is 6.07 Å². The first-order valence-corrected chi connectivity index (χ1v) is 5.17. The summed E-state index contributed by atoms with van der Waals surface area (Å²) >= 11 is 0. The van der Waals surface area contributed by atoms with Crippen LogP contribution in [0.4, 0.5) is 13.2 Å². The van der Waals surface area contributed by atoms with Crippen LogP contribution in [-0.4, -0.2) is 25.2 Å². The third-order valence-electron chi connectivity index (χ3n) is 1.94. The highest BCUT2D eigenvalue weighted by Gasteiger charge is 2.42. The van der Waals surface area contributed by atoms with Crippen molar-refractivity contribution >= 4 is 11.9 Å². The molecule has 0 aliphatic carbocycles. The smallest absolute Gasteiger partial charge is 0.450 e. The summed E-state index contributed by atoms with van der Waals surface area (Å²) < 4.78 is 51.2. The summed E-state index contributed by atoms with van der Waals surface area (Å²) in [6, 6.07) is 0.652. The molecule has 8 heteroatoms. The molecule has 1 aromatic heterocycles. The van der Waals surface area contributed by atoms with Crippen molar-refractivity contribution in [3.05, 3.63) is 23.2 Å². The number of alkyl halides is 3. The van der Waals surface area contributed by atoms with Gasteiger partial charge in [-0.1, -0.05) is 0 Å². The number of carbonyl (C=O) groups excluding carboxylic acids is 2. The number of carbonyl (C=O) groups is 2. The topological polar surface area (TPSA) is 65.7 Å². The van der Waals surface area contributed by atoms with Gasteiger partial charge in [0.1, 0.15) is 5.56 Å². The molecule has 0 atom stereocenters. The molecular weight excluding hydrogens is 269 g/mol. The normalized spacial score (nSPS) is 11.5. The molecule has 1 rings (SSSR count). The number of methoxy groups -OCH3 is 1. The van der Waals surface area contributed by atoms with Crippen molar-refractivity contribution in [1.29, 1.82) is 0 Å². The largest absolute Gasteiger partial charge is 0.463 e. The number of halogens is 3. The maximum atomic E-state index is 12.7. The number of ether oxygens (including phenoxy) is 2. The van der Waals surface area contributed by atoms with Crippen LogP contribution in [0.15, 0.2) is 10.5 Å². The van der Waals surface area contributed by atoms with E-state index in [9.17, 15) is 22.8 Å². The van der Waals surface area contributed by atoms with Crippen molar-refractivity contribution in [1.82, 2.24) is 0 Å². The van der Waals surface area contributed by atoms with Gasteiger partial charge in [0.25, 0.3) is 0 Å². The van der Waals surface area contributed by atoms with Crippen molar-refractivity contribution in [2.24, 2.45) is 0 Å². The minimum Gasteiger partial charge on any atom is -0.463 e. The molecule has 0 amide bonds. The highest BCUT2D eigenvalue weighted by atomic mass is 19.4. The molecule has 106 valence electrons. The van der Waals surface area contributed by atoms with Gasteiger partial charge in [-0.2, -0.15) is 13.2 Å². The summed E-state index contributed by atoms with van der Waals surface area (Å²) in [5.74, 6) is -4.64. The van der Waals surface area contributed by atoms with Crippen LogP contribution in [0.5, 0.6) is 0 Å². The summed E-state index contributed by atoms with van der Waals surface area (Å²) in [6.07, 6.45) is -5.53. The molecule has 0 fully saturated rings. The Labute approximate surface area is 106 Å². The van der Waals surface area contributed by atoms with E-state index in [1.807, 2.05) is 0 Å².